The Morgan fingerprint density at radius 2 is 1.63 bits per heavy atom. The van der Waals surface area contributed by atoms with Crippen LogP contribution < -0.4 is 0 Å². The van der Waals surface area contributed by atoms with E-state index in [2.05, 4.69) is 50.0 Å². The van der Waals surface area contributed by atoms with Crippen LogP contribution in [0.25, 0.3) is 11.1 Å². The molecule has 1 heteroatoms. The molecular weight excluding hydrogens is 331 g/mol. The highest BCUT2D eigenvalue weighted by Crippen LogP contribution is 2.30. The van der Waals surface area contributed by atoms with Gasteiger partial charge in [-0.2, -0.15) is 0 Å². The molecule has 0 saturated heterocycles. The Labute approximate surface area is 164 Å². The summed E-state index contributed by atoms with van der Waals surface area (Å²) in [4.78, 5) is 0. The van der Waals surface area contributed by atoms with Gasteiger partial charge in [-0.25, -0.2) is 4.39 Å². The molecule has 0 bridgehead atoms. The van der Waals surface area contributed by atoms with Gasteiger partial charge in [0.1, 0.15) is 5.82 Å². The minimum absolute atomic E-state index is 0.0903. The average Bonchev–Trinajstić information content (AvgIpc) is 2.72. The van der Waals surface area contributed by atoms with Crippen molar-refractivity contribution in [3.05, 3.63) is 59.4 Å². The van der Waals surface area contributed by atoms with E-state index in [0.29, 0.717) is 5.92 Å². The van der Waals surface area contributed by atoms with Crippen molar-refractivity contribution in [3.63, 3.8) is 0 Å². The van der Waals surface area contributed by atoms with E-state index < -0.39 is 0 Å². The normalized spacial score (nSPS) is 19.4. The van der Waals surface area contributed by atoms with Crippen molar-refractivity contribution in [3.8, 4) is 23.0 Å². The highest BCUT2D eigenvalue weighted by atomic mass is 19.1. The number of rotatable bonds is 5. The molecule has 0 N–H and O–H groups in total. The van der Waals surface area contributed by atoms with Gasteiger partial charge in [0.05, 0.1) is 0 Å². The molecule has 0 atom stereocenters. The predicted molar refractivity (Wildman–Crippen MR) is 113 cm³/mol. The van der Waals surface area contributed by atoms with E-state index in [0.717, 1.165) is 47.4 Å². The van der Waals surface area contributed by atoms with E-state index in [9.17, 15) is 4.39 Å². The quantitative estimate of drug-likeness (QED) is 0.486. The zero-order chi connectivity index (χ0) is 19.1. The smallest absolute Gasteiger partial charge is 0.127 e. The summed E-state index contributed by atoms with van der Waals surface area (Å²) in [5.74, 6) is 8.19. The molecule has 0 spiro atoms. The van der Waals surface area contributed by atoms with Crippen molar-refractivity contribution < 1.29 is 4.39 Å². The molecule has 1 aliphatic rings. The summed E-state index contributed by atoms with van der Waals surface area (Å²) < 4.78 is 14.3. The van der Waals surface area contributed by atoms with Gasteiger partial charge in [-0.05, 0) is 79.3 Å². The number of hydrogen-bond acceptors (Lipinski definition) is 0. The third kappa shape index (κ3) is 5.46. The van der Waals surface area contributed by atoms with Gasteiger partial charge in [-0.15, -0.1) is 0 Å². The molecule has 27 heavy (non-hydrogen) atoms. The molecule has 0 heterocycles. The summed E-state index contributed by atoms with van der Waals surface area (Å²) >= 11 is 0. The maximum atomic E-state index is 14.3. The molecule has 0 amide bonds. The lowest BCUT2D eigenvalue weighted by atomic mass is 9.81. The van der Waals surface area contributed by atoms with Crippen LogP contribution in [0, 0.1) is 29.5 Å². The Bertz CT molecular complexity index is 783. The zero-order valence-electron chi connectivity index (χ0n) is 16.7. The highest BCUT2D eigenvalue weighted by Gasteiger charge is 2.18. The molecule has 0 radical (unpaired) electrons. The van der Waals surface area contributed by atoms with Crippen LogP contribution in [0.3, 0.4) is 0 Å². The van der Waals surface area contributed by atoms with E-state index in [1.165, 1.54) is 32.1 Å². The Kier molecular flexibility index (Phi) is 7.11. The van der Waals surface area contributed by atoms with Crippen LogP contribution in [0.15, 0.2) is 42.5 Å². The molecule has 1 aliphatic carbocycles. The summed E-state index contributed by atoms with van der Waals surface area (Å²) in [7, 11) is 0. The molecule has 0 nitrogen and oxygen atoms in total. The second-order valence-corrected chi connectivity index (χ2v) is 7.88. The SMILES string of the molecule is CCCCc1ccc(-c2ccc(C#CC3CCC(CC)CC3)cc2)cc1F. The monoisotopic (exact) mass is 362 g/mol. The van der Waals surface area contributed by atoms with E-state index in [-0.39, 0.29) is 5.82 Å². The van der Waals surface area contributed by atoms with Crippen LogP contribution in [0.5, 0.6) is 0 Å². The first-order valence-corrected chi connectivity index (χ1v) is 10.6. The van der Waals surface area contributed by atoms with Gasteiger partial charge in [0.25, 0.3) is 0 Å². The Morgan fingerprint density at radius 3 is 2.26 bits per heavy atom. The number of hydrogen-bond donors (Lipinski definition) is 0. The highest BCUT2D eigenvalue weighted by molar-refractivity contribution is 5.65. The molecule has 2 aromatic rings. The van der Waals surface area contributed by atoms with Gasteiger partial charge in [-0.3, -0.25) is 0 Å². The summed E-state index contributed by atoms with van der Waals surface area (Å²) in [6.45, 7) is 4.43. The number of halogens is 1. The van der Waals surface area contributed by atoms with Crippen molar-refractivity contribution in [1.82, 2.24) is 0 Å². The Balaban J connectivity index is 1.64. The third-order valence-electron chi connectivity index (χ3n) is 5.92. The van der Waals surface area contributed by atoms with E-state index in [4.69, 9.17) is 0 Å². The molecule has 1 saturated carbocycles. The first-order valence-electron chi connectivity index (χ1n) is 10.6. The fourth-order valence-corrected chi connectivity index (χ4v) is 3.94. The van der Waals surface area contributed by atoms with Crippen molar-refractivity contribution in [1.29, 1.82) is 0 Å². The van der Waals surface area contributed by atoms with E-state index in [1.54, 1.807) is 6.07 Å². The fourth-order valence-electron chi connectivity index (χ4n) is 3.94. The van der Waals surface area contributed by atoms with Gasteiger partial charge < -0.3 is 0 Å². The van der Waals surface area contributed by atoms with E-state index >= 15 is 0 Å². The maximum Gasteiger partial charge on any atom is 0.127 e. The number of unbranched alkanes of at least 4 members (excludes halogenated alkanes) is 1. The molecule has 142 valence electrons. The van der Waals surface area contributed by atoms with Crippen molar-refractivity contribution >= 4 is 0 Å². The van der Waals surface area contributed by atoms with Crippen LogP contribution in [0.4, 0.5) is 4.39 Å². The van der Waals surface area contributed by atoms with Crippen LogP contribution in [0.2, 0.25) is 0 Å². The second kappa shape index (κ2) is 9.75. The first kappa shape index (κ1) is 19.7. The topological polar surface area (TPSA) is 0 Å². The number of benzene rings is 2. The lowest BCUT2D eigenvalue weighted by molar-refractivity contribution is 0.309. The van der Waals surface area contributed by atoms with Gasteiger partial charge in [0.2, 0.25) is 0 Å². The van der Waals surface area contributed by atoms with Crippen LogP contribution in [-0.2, 0) is 6.42 Å². The molecule has 0 aromatic heterocycles. The second-order valence-electron chi connectivity index (χ2n) is 7.88. The van der Waals surface area contributed by atoms with Crippen molar-refractivity contribution in [2.75, 3.05) is 0 Å². The van der Waals surface area contributed by atoms with E-state index in [1.807, 2.05) is 12.1 Å². The van der Waals surface area contributed by atoms with Crippen LogP contribution in [0.1, 0.15) is 69.9 Å². The first-order chi connectivity index (χ1) is 13.2. The fraction of sp³-hybridized carbons (Fsp3) is 0.462. The Morgan fingerprint density at radius 1 is 0.926 bits per heavy atom. The average molecular weight is 363 g/mol. The summed E-state index contributed by atoms with van der Waals surface area (Å²) in [5.41, 5.74) is 3.85. The minimum Gasteiger partial charge on any atom is -0.207 e. The molecule has 3 rings (SSSR count). The summed E-state index contributed by atoms with van der Waals surface area (Å²) in [6, 6.07) is 13.8. The molecule has 1 fully saturated rings. The van der Waals surface area contributed by atoms with Crippen LogP contribution >= 0.6 is 0 Å². The molecule has 0 aliphatic heterocycles. The molecule has 0 unspecified atom stereocenters. The lowest BCUT2D eigenvalue weighted by Crippen LogP contribution is -2.12. The summed E-state index contributed by atoms with van der Waals surface area (Å²) in [6.07, 6.45) is 9.39. The zero-order valence-corrected chi connectivity index (χ0v) is 16.7. The summed E-state index contributed by atoms with van der Waals surface area (Å²) in [5, 5.41) is 0. The van der Waals surface area contributed by atoms with Crippen molar-refractivity contribution in [2.45, 2.75) is 65.2 Å². The minimum atomic E-state index is -0.0903. The molecular formula is C26H31F. The van der Waals surface area contributed by atoms with Gasteiger partial charge >= 0.3 is 0 Å². The predicted octanol–water partition coefficient (Wildman–Crippen LogP) is 7.40. The largest absolute Gasteiger partial charge is 0.207 e. The van der Waals surface area contributed by atoms with Crippen LogP contribution in [-0.4, -0.2) is 0 Å². The van der Waals surface area contributed by atoms with Gasteiger partial charge in [-0.1, -0.05) is 62.8 Å². The molecule has 2 aromatic carbocycles. The Hall–Kier alpha value is -2.07. The van der Waals surface area contributed by atoms with Gasteiger partial charge in [0, 0.05) is 11.5 Å². The lowest BCUT2D eigenvalue weighted by Gasteiger charge is -2.24. The van der Waals surface area contributed by atoms with Crippen molar-refractivity contribution in [2.24, 2.45) is 11.8 Å². The maximum absolute atomic E-state index is 14.3. The third-order valence-corrected chi connectivity index (χ3v) is 5.92. The standard InChI is InChI=1S/C26H31F/c1-3-5-6-24-17-18-25(19-26(24)27)23-15-13-22(14-16-23)12-11-21-9-7-20(4-2)8-10-21/h13-21H,3-10H2,1-2H3. The van der Waals surface area contributed by atoms with Gasteiger partial charge in [0.15, 0.2) is 0 Å². The number of aryl methyl sites for hydroxylation is 1.